The first kappa shape index (κ1) is 16.2. The lowest BCUT2D eigenvalue weighted by molar-refractivity contribution is -0.137. The first-order valence-electron chi connectivity index (χ1n) is 7.90. The SMILES string of the molecule is O=C(O)[C@@H](Cc1ccccc1)Nc1cc(N2CCOCC2)ncn1. The number of anilines is 2. The van der Waals surface area contributed by atoms with E-state index in [4.69, 9.17) is 4.74 Å². The zero-order chi connectivity index (χ0) is 16.8. The van der Waals surface area contributed by atoms with Gasteiger partial charge in [0, 0.05) is 25.6 Å². The van der Waals surface area contributed by atoms with Gasteiger partial charge in [-0.2, -0.15) is 0 Å². The first-order chi connectivity index (χ1) is 11.7. The molecular formula is C17H20N4O3. The van der Waals surface area contributed by atoms with Crippen molar-refractivity contribution in [2.24, 2.45) is 0 Å². The van der Waals surface area contributed by atoms with Crippen LogP contribution in [0, 0.1) is 0 Å². The van der Waals surface area contributed by atoms with Crippen molar-refractivity contribution in [1.82, 2.24) is 9.97 Å². The van der Waals surface area contributed by atoms with E-state index in [1.54, 1.807) is 6.07 Å². The molecule has 0 aliphatic carbocycles. The van der Waals surface area contributed by atoms with Gasteiger partial charge in [-0.15, -0.1) is 0 Å². The second-order valence-corrected chi connectivity index (χ2v) is 5.59. The molecule has 0 radical (unpaired) electrons. The lowest BCUT2D eigenvalue weighted by atomic mass is 10.1. The van der Waals surface area contributed by atoms with Gasteiger partial charge in [-0.3, -0.25) is 0 Å². The van der Waals surface area contributed by atoms with Crippen LogP contribution >= 0.6 is 0 Å². The number of carboxylic acids is 1. The molecule has 1 aliphatic heterocycles. The van der Waals surface area contributed by atoms with Gasteiger partial charge < -0.3 is 20.1 Å². The largest absolute Gasteiger partial charge is 0.480 e. The van der Waals surface area contributed by atoms with Crippen LogP contribution in [-0.2, 0) is 16.0 Å². The predicted molar refractivity (Wildman–Crippen MR) is 90.3 cm³/mol. The fraction of sp³-hybridized carbons (Fsp3) is 0.353. The summed E-state index contributed by atoms with van der Waals surface area (Å²) in [7, 11) is 0. The van der Waals surface area contributed by atoms with Gasteiger partial charge in [0.15, 0.2) is 0 Å². The zero-order valence-electron chi connectivity index (χ0n) is 13.3. The van der Waals surface area contributed by atoms with Crippen molar-refractivity contribution in [2.45, 2.75) is 12.5 Å². The van der Waals surface area contributed by atoms with Crippen LogP contribution in [0.5, 0.6) is 0 Å². The second kappa shape index (κ2) is 7.74. The highest BCUT2D eigenvalue weighted by Gasteiger charge is 2.19. The molecule has 0 spiro atoms. The van der Waals surface area contributed by atoms with Crippen LogP contribution in [0.15, 0.2) is 42.7 Å². The first-order valence-corrected chi connectivity index (χ1v) is 7.90. The Morgan fingerprint density at radius 1 is 1.25 bits per heavy atom. The Balaban J connectivity index is 1.71. The van der Waals surface area contributed by atoms with Crippen LogP contribution in [0.1, 0.15) is 5.56 Å². The Labute approximate surface area is 140 Å². The summed E-state index contributed by atoms with van der Waals surface area (Å²) in [5.74, 6) is 0.375. The van der Waals surface area contributed by atoms with Gasteiger partial charge in [-0.1, -0.05) is 30.3 Å². The molecule has 7 nitrogen and oxygen atoms in total. The van der Waals surface area contributed by atoms with E-state index in [1.807, 2.05) is 30.3 Å². The standard InChI is InChI=1S/C17H20N4O3/c22-17(23)14(10-13-4-2-1-3-5-13)20-15-11-16(19-12-18-15)21-6-8-24-9-7-21/h1-5,11-12,14H,6-10H2,(H,22,23)(H,18,19,20)/t14-/m1/s1. The van der Waals surface area contributed by atoms with E-state index in [2.05, 4.69) is 20.2 Å². The second-order valence-electron chi connectivity index (χ2n) is 5.59. The molecule has 1 atom stereocenters. The van der Waals surface area contributed by atoms with Crippen molar-refractivity contribution in [3.63, 3.8) is 0 Å². The van der Waals surface area contributed by atoms with Crippen LogP contribution in [-0.4, -0.2) is 53.4 Å². The smallest absolute Gasteiger partial charge is 0.326 e. The number of carboxylic acid groups (broad SMARTS) is 1. The molecule has 2 heterocycles. The van der Waals surface area contributed by atoms with Gasteiger partial charge in [0.25, 0.3) is 0 Å². The molecule has 126 valence electrons. The summed E-state index contributed by atoms with van der Waals surface area (Å²) >= 11 is 0. The van der Waals surface area contributed by atoms with Crippen LogP contribution in [0.3, 0.4) is 0 Å². The van der Waals surface area contributed by atoms with Crippen LogP contribution in [0.25, 0.3) is 0 Å². The quantitative estimate of drug-likeness (QED) is 0.829. The minimum Gasteiger partial charge on any atom is -0.480 e. The number of nitrogens with zero attached hydrogens (tertiary/aromatic N) is 3. The molecule has 0 unspecified atom stereocenters. The van der Waals surface area contributed by atoms with Gasteiger partial charge >= 0.3 is 5.97 Å². The van der Waals surface area contributed by atoms with E-state index in [0.29, 0.717) is 25.5 Å². The number of ether oxygens (including phenoxy) is 1. The molecule has 7 heteroatoms. The van der Waals surface area contributed by atoms with Crippen molar-refractivity contribution in [2.75, 3.05) is 36.5 Å². The molecule has 1 aliphatic rings. The number of morpholine rings is 1. The van der Waals surface area contributed by atoms with Crippen molar-refractivity contribution in [1.29, 1.82) is 0 Å². The lowest BCUT2D eigenvalue weighted by Gasteiger charge is -2.28. The van der Waals surface area contributed by atoms with Crippen molar-refractivity contribution in [3.05, 3.63) is 48.3 Å². The zero-order valence-corrected chi connectivity index (χ0v) is 13.3. The maximum Gasteiger partial charge on any atom is 0.326 e. The fourth-order valence-electron chi connectivity index (χ4n) is 2.62. The maximum absolute atomic E-state index is 11.6. The molecule has 1 aromatic heterocycles. The topological polar surface area (TPSA) is 87.6 Å². The third kappa shape index (κ3) is 4.20. The highest BCUT2D eigenvalue weighted by atomic mass is 16.5. The third-order valence-corrected chi connectivity index (χ3v) is 3.89. The molecule has 2 N–H and O–H groups in total. The van der Waals surface area contributed by atoms with Crippen molar-refractivity contribution >= 4 is 17.6 Å². The number of hydrogen-bond acceptors (Lipinski definition) is 6. The number of nitrogens with one attached hydrogen (secondary N) is 1. The summed E-state index contributed by atoms with van der Waals surface area (Å²) in [6.45, 7) is 2.86. The Bertz CT molecular complexity index is 675. The Hall–Kier alpha value is -2.67. The highest BCUT2D eigenvalue weighted by molar-refractivity contribution is 5.77. The van der Waals surface area contributed by atoms with Gasteiger partial charge in [0.05, 0.1) is 13.2 Å². The van der Waals surface area contributed by atoms with E-state index < -0.39 is 12.0 Å². The van der Waals surface area contributed by atoms with Crippen molar-refractivity contribution < 1.29 is 14.6 Å². The number of hydrogen-bond donors (Lipinski definition) is 2. The minimum atomic E-state index is -0.912. The molecular weight excluding hydrogens is 308 g/mol. The average molecular weight is 328 g/mol. The summed E-state index contributed by atoms with van der Waals surface area (Å²) in [6, 6.07) is 10.6. The van der Waals surface area contributed by atoms with Crippen molar-refractivity contribution in [3.8, 4) is 0 Å². The summed E-state index contributed by atoms with van der Waals surface area (Å²) in [5.41, 5.74) is 0.958. The predicted octanol–water partition coefficient (Wildman–Crippen LogP) is 1.42. The van der Waals surface area contributed by atoms with E-state index >= 15 is 0 Å². The van der Waals surface area contributed by atoms with E-state index in [0.717, 1.165) is 24.5 Å². The maximum atomic E-state index is 11.6. The van der Waals surface area contributed by atoms with E-state index in [-0.39, 0.29) is 0 Å². The molecule has 24 heavy (non-hydrogen) atoms. The summed E-state index contributed by atoms with van der Waals surface area (Å²) in [4.78, 5) is 22.1. The Kier molecular flexibility index (Phi) is 5.22. The number of aliphatic carboxylic acids is 1. The third-order valence-electron chi connectivity index (χ3n) is 3.89. The monoisotopic (exact) mass is 328 g/mol. The molecule has 0 saturated carbocycles. The molecule has 3 rings (SSSR count). The molecule has 0 amide bonds. The van der Waals surface area contributed by atoms with Crippen LogP contribution < -0.4 is 10.2 Å². The fourth-order valence-corrected chi connectivity index (χ4v) is 2.62. The normalized spacial score (nSPS) is 15.8. The average Bonchev–Trinajstić information content (AvgIpc) is 2.63. The Morgan fingerprint density at radius 2 is 2.00 bits per heavy atom. The van der Waals surface area contributed by atoms with Gasteiger partial charge in [-0.25, -0.2) is 14.8 Å². The Morgan fingerprint density at radius 3 is 2.71 bits per heavy atom. The van der Waals surface area contributed by atoms with Gasteiger partial charge in [-0.05, 0) is 5.56 Å². The highest BCUT2D eigenvalue weighted by Crippen LogP contribution is 2.17. The van der Waals surface area contributed by atoms with E-state index in [9.17, 15) is 9.90 Å². The summed E-state index contributed by atoms with van der Waals surface area (Å²) < 4.78 is 5.34. The summed E-state index contributed by atoms with van der Waals surface area (Å²) in [6.07, 6.45) is 1.83. The van der Waals surface area contributed by atoms with Crippen LogP contribution in [0.2, 0.25) is 0 Å². The summed E-state index contributed by atoms with van der Waals surface area (Å²) in [5, 5.41) is 12.5. The number of benzene rings is 1. The minimum absolute atomic E-state index is 0.382. The molecule has 1 aromatic carbocycles. The van der Waals surface area contributed by atoms with Gasteiger partial charge in [0.1, 0.15) is 24.0 Å². The van der Waals surface area contributed by atoms with Gasteiger partial charge in [0.2, 0.25) is 0 Å². The van der Waals surface area contributed by atoms with Crippen LogP contribution in [0.4, 0.5) is 11.6 Å². The molecule has 2 aromatic rings. The lowest BCUT2D eigenvalue weighted by Crippen LogP contribution is -2.37. The molecule has 0 bridgehead atoms. The number of rotatable bonds is 6. The number of carbonyl (C=O) groups is 1. The molecule has 1 fully saturated rings. The molecule has 1 saturated heterocycles. The number of aromatic nitrogens is 2. The van der Waals surface area contributed by atoms with E-state index in [1.165, 1.54) is 6.33 Å².